The summed E-state index contributed by atoms with van der Waals surface area (Å²) in [5.74, 6) is 0.635. The van der Waals surface area contributed by atoms with E-state index in [1.54, 1.807) is 19.6 Å². The highest BCUT2D eigenvalue weighted by Crippen LogP contribution is 2.22. The zero-order valence-corrected chi connectivity index (χ0v) is 15.4. The van der Waals surface area contributed by atoms with Crippen LogP contribution in [0.1, 0.15) is 21.5 Å². The highest BCUT2D eigenvalue weighted by Gasteiger charge is 2.08. The summed E-state index contributed by atoms with van der Waals surface area (Å²) in [5.41, 5.74) is 2.66. The molecule has 0 saturated carbocycles. The molecule has 0 aliphatic carbocycles. The van der Waals surface area contributed by atoms with Crippen molar-refractivity contribution in [1.29, 1.82) is 0 Å². The largest absolute Gasteiger partial charge is 0.496 e. The van der Waals surface area contributed by atoms with Gasteiger partial charge in [-0.3, -0.25) is 4.79 Å². The first-order valence-electron chi connectivity index (χ1n) is 7.81. The quantitative estimate of drug-likeness (QED) is 0.688. The highest BCUT2D eigenvalue weighted by molar-refractivity contribution is 9.10. The Morgan fingerprint density at radius 3 is 2.72 bits per heavy atom. The van der Waals surface area contributed by atoms with E-state index in [0.29, 0.717) is 12.1 Å². The monoisotopic (exact) mass is 399 g/mol. The predicted octanol–water partition coefficient (Wildman–Crippen LogP) is 3.63. The molecule has 128 valence electrons. The summed E-state index contributed by atoms with van der Waals surface area (Å²) in [6, 6.07) is 13.3. The van der Waals surface area contributed by atoms with Gasteiger partial charge in [0.1, 0.15) is 5.75 Å². The van der Waals surface area contributed by atoms with E-state index >= 15 is 0 Å². The summed E-state index contributed by atoms with van der Waals surface area (Å²) in [5, 5.41) is 2.93. The Morgan fingerprint density at radius 2 is 2.04 bits per heavy atom. The van der Waals surface area contributed by atoms with Crippen LogP contribution in [0.15, 0.2) is 65.7 Å². The number of carbonyl (C=O) groups is 1. The van der Waals surface area contributed by atoms with E-state index in [1.165, 1.54) is 0 Å². The van der Waals surface area contributed by atoms with Crippen molar-refractivity contribution in [2.75, 3.05) is 7.11 Å². The van der Waals surface area contributed by atoms with Crippen molar-refractivity contribution in [1.82, 2.24) is 14.9 Å². The van der Waals surface area contributed by atoms with E-state index in [0.717, 1.165) is 27.9 Å². The third-order valence-electron chi connectivity index (χ3n) is 3.82. The summed E-state index contributed by atoms with van der Waals surface area (Å²) < 4.78 is 8.25. The molecule has 0 spiro atoms. The molecule has 5 nitrogen and oxygen atoms in total. The highest BCUT2D eigenvalue weighted by atomic mass is 79.9. The van der Waals surface area contributed by atoms with Gasteiger partial charge in [-0.2, -0.15) is 0 Å². The van der Waals surface area contributed by atoms with E-state index < -0.39 is 0 Å². The smallest absolute Gasteiger partial charge is 0.251 e. The first-order valence-corrected chi connectivity index (χ1v) is 8.60. The number of benzene rings is 2. The molecule has 0 radical (unpaired) electrons. The van der Waals surface area contributed by atoms with E-state index in [9.17, 15) is 4.79 Å². The van der Waals surface area contributed by atoms with E-state index in [4.69, 9.17) is 4.74 Å². The molecule has 1 heterocycles. The number of halogens is 1. The van der Waals surface area contributed by atoms with Gasteiger partial charge in [0.25, 0.3) is 5.91 Å². The van der Waals surface area contributed by atoms with Crippen LogP contribution in [0.5, 0.6) is 5.75 Å². The molecule has 0 aliphatic heterocycles. The lowest BCUT2D eigenvalue weighted by Crippen LogP contribution is -2.23. The molecule has 3 aromatic rings. The van der Waals surface area contributed by atoms with Gasteiger partial charge in [0.2, 0.25) is 0 Å². The van der Waals surface area contributed by atoms with E-state index in [2.05, 4.69) is 26.2 Å². The molecule has 25 heavy (non-hydrogen) atoms. The molecule has 2 aromatic carbocycles. The van der Waals surface area contributed by atoms with Crippen molar-refractivity contribution >= 4 is 21.8 Å². The van der Waals surface area contributed by atoms with Crippen LogP contribution in [0.4, 0.5) is 0 Å². The van der Waals surface area contributed by atoms with Crippen LogP contribution in [0.25, 0.3) is 0 Å². The third kappa shape index (κ3) is 4.48. The van der Waals surface area contributed by atoms with Gasteiger partial charge in [0, 0.05) is 41.1 Å². The molecule has 1 amide bonds. The lowest BCUT2D eigenvalue weighted by Gasteiger charge is -2.11. The maximum Gasteiger partial charge on any atom is 0.251 e. The first-order chi connectivity index (χ1) is 12.2. The number of ether oxygens (including phenoxy) is 1. The zero-order valence-electron chi connectivity index (χ0n) is 13.8. The number of hydrogen-bond donors (Lipinski definition) is 1. The molecule has 0 saturated heterocycles. The minimum atomic E-state index is -0.115. The van der Waals surface area contributed by atoms with Crippen LogP contribution in [0.2, 0.25) is 0 Å². The molecule has 1 N–H and O–H groups in total. The Balaban J connectivity index is 1.62. The molecule has 0 fully saturated rings. The van der Waals surface area contributed by atoms with Crippen molar-refractivity contribution in [2.24, 2.45) is 0 Å². The molecular weight excluding hydrogens is 382 g/mol. The second kappa shape index (κ2) is 7.98. The summed E-state index contributed by atoms with van der Waals surface area (Å²) >= 11 is 3.43. The van der Waals surface area contributed by atoms with Crippen LogP contribution in [0, 0.1) is 0 Å². The van der Waals surface area contributed by atoms with Crippen LogP contribution >= 0.6 is 15.9 Å². The Morgan fingerprint density at radius 1 is 1.24 bits per heavy atom. The number of nitrogens with one attached hydrogen (secondary N) is 1. The molecule has 6 heteroatoms. The van der Waals surface area contributed by atoms with Crippen molar-refractivity contribution in [3.8, 4) is 5.75 Å². The second-order valence-electron chi connectivity index (χ2n) is 5.57. The summed E-state index contributed by atoms with van der Waals surface area (Å²) in [6.07, 6.45) is 5.43. The van der Waals surface area contributed by atoms with Gasteiger partial charge < -0.3 is 14.6 Å². The van der Waals surface area contributed by atoms with Crippen LogP contribution < -0.4 is 10.1 Å². The maximum atomic E-state index is 12.4. The van der Waals surface area contributed by atoms with Gasteiger partial charge in [0.05, 0.1) is 13.4 Å². The third-order valence-corrected chi connectivity index (χ3v) is 4.32. The van der Waals surface area contributed by atoms with E-state index in [-0.39, 0.29) is 5.91 Å². The van der Waals surface area contributed by atoms with E-state index in [1.807, 2.05) is 53.2 Å². The first kappa shape index (κ1) is 17.2. The second-order valence-corrected chi connectivity index (χ2v) is 6.49. The van der Waals surface area contributed by atoms with Crippen molar-refractivity contribution < 1.29 is 9.53 Å². The summed E-state index contributed by atoms with van der Waals surface area (Å²) in [7, 11) is 1.62. The fourth-order valence-electron chi connectivity index (χ4n) is 2.52. The minimum absolute atomic E-state index is 0.115. The van der Waals surface area contributed by atoms with Gasteiger partial charge in [0.15, 0.2) is 0 Å². The fourth-order valence-corrected chi connectivity index (χ4v) is 2.92. The maximum absolute atomic E-state index is 12.4. The summed E-state index contributed by atoms with van der Waals surface area (Å²) in [6.45, 7) is 1.13. The van der Waals surface area contributed by atoms with Gasteiger partial charge in [-0.15, -0.1) is 0 Å². The molecule has 0 unspecified atom stereocenters. The average Bonchev–Trinajstić information content (AvgIpc) is 3.13. The number of rotatable bonds is 6. The Labute approximate surface area is 154 Å². The Kier molecular flexibility index (Phi) is 5.50. The predicted molar refractivity (Wildman–Crippen MR) is 99.6 cm³/mol. The van der Waals surface area contributed by atoms with Gasteiger partial charge >= 0.3 is 0 Å². The normalized spacial score (nSPS) is 10.5. The minimum Gasteiger partial charge on any atom is -0.496 e. The lowest BCUT2D eigenvalue weighted by atomic mass is 10.1. The topological polar surface area (TPSA) is 56.1 Å². The fraction of sp³-hybridized carbons (Fsp3) is 0.158. The van der Waals surface area contributed by atoms with Crippen LogP contribution in [-0.4, -0.2) is 22.6 Å². The number of imidazole rings is 1. The number of carbonyl (C=O) groups excluding carboxylic acids is 1. The number of amides is 1. The lowest BCUT2D eigenvalue weighted by molar-refractivity contribution is 0.0950. The Bertz CT molecular complexity index is 846. The van der Waals surface area contributed by atoms with Gasteiger partial charge in [-0.05, 0) is 35.9 Å². The van der Waals surface area contributed by atoms with Gasteiger partial charge in [-0.25, -0.2) is 4.98 Å². The summed E-state index contributed by atoms with van der Waals surface area (Å²) in [4.78, 5) is 16.4. The number of nitrogens with zero attached hydrogens (tertiary/aromatic N) is 2. The standard InChI is InChI=1S/C19H18BrN3O2/c1-25-18-7-6-17(20)10-16(18)11-22-19(24)15-4-2-14(3-5-15)12-23-9-8-21-13-23/h2-10,13H,11-12H2,1H3,(H,22,24). The molecule has 3 rings (SSSR count). The SMILES string of the molecule is COc1ccc(Br)cc1CNC(=O)c1ccc(Cn2ccnc2)cc1. The van der Waals surface area contributed by atoms with Crippen molar-refractivity contribution in [3.05, 3.63) is 82.3 Å². The van der Waals surface area contributed by atoms with Gasteiger partial charge in [-0.1, -0.05) is 28.1 Å². The molecule has 0 bridgehead atoms. The van der Waals surface area contributed by atoms with Crippen molar-refractivity contribution in [3.63, 3.8) is 0 Å². The number of hydrogen-bond acceptors (Lipinski definition) is 3. The Hall–Kier alpha value is -2.60. The average molecular weight is 400 g/mol. The molecule has 1 aromatic heterocycles. The number of methoxy groups -OCH3 is 1. The molecule has 0 aliphatic rings. The number of aromatic nitrogens is 2. The zero-order chi connectivity index (χ0) is 17.6. The molecule has 0 atom stereocenters. The van der Waals surface area contributed by atoms with Crippen molar-refractivity contribution in [2.45, 2.75) is 13.1 Å². The van der Waals surface area contributed by atoms with Crippen LogP contribution in [-0.2, 0) is 13.1 Å². The van der Waals surface area contributed by atoms with Crippen LogP contribution in [0.3, 0.4) is 0 Å². The molecular formula is C19H18BrN3O2.